The van der Waals surface area contributed by atoms with Gasteiger partial charge in [-0.1, -0.05) is 48.5 Å². The standard InChI is InChI=1S/C14H16N2O2S/c15-10-11-19(17,18)16-14-9-5-4-8-13(14)12-6-2-1-3-7-12/h1-9,16H,10-11,15H2. The summed E-state index contributed by atoms with van der Waals surface area (Å²) in [5.41, 5.74) is 7.69. The van der Waals surface area contributed by atoms with Crippen molar-refractivity contribution in [2.24, 2.45) is 5.73 Å². The molecular formula is C14H16N2O2S. The van der Waals surface area contributed by atoms with E-state index in [-0.39, 0.29) is 12.3 Å². The molecule has 0 fully saturated rings. The predicted molar refractivity (Wildman–Crippen MR) is 78.3 cm³/mol. The van der Waals surface area contributed by atoms with Crippen LogP contribution in [0, 0.1) is 0 Å². The summed E-state index contributed by atoms with van der Waals surface area (Å²) < 4.78 is 26.2. The zero-order valence-corrected chi connectivity index (χ0v) is 11.2. The second-order valence-electron chi connectivity index (χ2n) is 4.12. The van der Waals surface area contributed by atoms with Crippen LogP contribution in [-0.4, -0.2) is 20.7 Å². The number of hydrogen-bond acceptors (Lipinski definition) is 3. The first-order valence-electron chi connectivity index (χ1n) is 5.97. The van der Waals surface area contributed by atoms with Crippen LogP contribution in [0.25, 0.3) is 11.1 Å². The molecule has 0 aliphatic rings. The van der Waals surface area contributed by atoms with Gasteiger partial charge >= 0.3 is 0 Å². The minimum Gasteiger partial charge on any atom is -0.329 e. The molecule has 0 amide bonds. The Bertz CT molecular complexity index is 640. The summed E-state index contributed by atoms with van der Waals surface area (Å²) in [6.07, 6.45) is 0. The highest BCUT2D eigenvalue weighted by Crippen LogP contribution is 2.28. The van der Waals surface area contributed by atoms with Crippen molar-refractivity contribution < 1.29 is 8.42 Å². The van der Waals surface area contributed by atoms with Crippen molar-refractivity contribution in [1.82, 2.24) is 0 Å². The largest absolute Gasteiger partial charge is 0.329 e. The van der Waals surface area contributed by atoms with Gasteiger partial charge in [0.15, 0.2) is 0 Å². The Balaban J connectivity index is 2.38. The summed E-state index contributed by atoms with van der Waals surface area (Å²) in [5.74, 6) is -0.0872. The van der Waals surface area contributed by atoms with E-state index >= 15 is 0 Å². The van der Waals surface area contributed by atoms with Crippen LogP contribution in [-0.2, 0) is 10.0 Å². The maximum absolute atomic E-state index is 11.8. The smallest absolute Gasteiger partial charge is 0.233 e. The van der Waals surface area contributed by atoms with Gasteiger partial charge < -0.3 is 5.73 Å². The second kappa shape index (κ2) is 5.86. The van der Waals surface area contributed by atoms with Crippen LogP contribution >= 0.6 is 0 Å². The summed E-state index contributed by atoms with van der Waals surface area (Å²) in [6, 6.07) is 16.9. The number of hydrogen-bond donors (Lipinski definition) is 2. The Morgan fingerprint density at radius 1 is 0.947 bits per heavy atom. The van der Waals surface area contributed by atoms with E-state index in [1.807, 2.05) is 42.5 Å². The fourth-order valence-electron chi connectivity index (χ4n) is 1.82. The van der Waals surface area contributed by atoms with Crippen molar-refractivity contribution in [2.45, 2.75) is 0 Å². The minimum absolute atomic E-state index is 0.0872. The molecule has 0 unspecified atom stereocenters. The SMILES string of the molecule is NCCS(=O)(=O)Nc1ccccc1-c1ccccc1. The van der Waals surface area contributed by atoms with Crippen LogP contribution < -0.4 is 10.5 Å². The van der Waals surface area contributed by atoms with Crippen LogP contribution in [0.4, 0.5) is 5.69 Å². The molecule has 0 spiro atoms. The van der Waals surface area contributed by atoms with Gasteiger partial charge in [-0.2, -0.15) is 0 Å². The Labute approximate surface area is 113 Å². The van der Waals surface area contributed by atoms with E-state index in [4.69, 9.17) is 5.73 Å². The Hall–Kier alpha value is -1.85. The summed E-state index contributed by atoms with van der Waals surface area (Å²) in [4.78, 5) is 0. The first kappa shape index (κ1) is 13.6. The minimum atomic E-state index is -3.39. The van der Waals surface area contributed by atoms with E-state index < -0.39 is 10.0 Å². The number of nitrogens with one attached hydrogen (secondary N) is 1. The highest BCUT2D eigenvalue weighted by atomic mass is 32.2. The van der Waals surface area contributed by atoms with Gasteiger partial charge in [-0.05, 0) is 11.6 Å². The molecule has 0 aromatic heterocycles. The van der Waals surface area contributed by atoms with Gasteiger partial charge in [0.05, 0.1) is 11.4 Å². The number of para-hydroxylation sites is 1. The van der Waals surface area contributed by atoms with E-state index in [9.17, 15) is 8.42 Å². The molecule has 2 aromatic rings. The molecule has 0 saturated carbocycles. The normalized spacial score (nSPS) is 11.2. The van der Waals surface area contributed by atoms with Crippen molar-refractivity contribution in [3.8, 4) is 11.1 Å². The van der Waals surface area contributed by atoms with E-state index in [1.54, 1.807) is 12.1 Å². The zero-order valence-electron chi connectivity index (χ0n) is 10.4. The first-order chi connectivity index (χ1) is 9.12. The van der Waals surface area contributed by atoms with E-state index in [0.29, 0.717) is 5.69 Å². The molecule has 3 N–H and O–H groups in total. The molecule has 19 heavy (non-hydrogen) atoms. The lowest BCUT2D eigenvalue weighted by Crippen LogP contribution is -2.22. The van der Waals surface area contributed by atoms with Crippen LogP contribution in [0.5, 0.6) is 0 Å². The molecule has 2 rings (SSSR count). The zero-order chi connectivity index (χ0) is 13.7. The van der Waals surface area contributed by atoms with Gasteiger partial charge in [0, 0.05) is 12.1 Å². The molecule has 0 saturated heterocycles. The fraction of sp³-hybridized carbons (Fsp3) is 0.143. The van der Waals surface area contributed by atoms with E-state index in [2.05, 4.69) is 4.72 Å². The highest BCUT2D eigenvalue weighted by Gasteiger charge is 2.12. The third-order valence-electron chi connectivity index (χ3n) is 2.66. The first-order valence-corrected chi connectivity index (χ1v) is 7.62. The number of rotatable bonds is 5. The summed E-state index contributed by atoms with van der Waals surface area (Å²) in [6.45, 7) is 0.100. The Kier molecular flexibility index (Phi) is 4.19. The van der Waals surface area contributed by atoms with E-state index in [1.165, 1.54) is 0 Å². The summed E-state index contributed by atoms with van der Waals surface area (Å²) in [7, 11) is -3.39. The average molecular weight is 276 g/mol. The van der Waals surface area contributed by atoms with Crippen molar-refractivity contribution in [2.75, 3.05) is 17.0 Å². The van der Waals surface area contributed by atoms with Gasteiger partial charge in [-0.3, -0.25) is 4.72 Å². The Morgan fingerprint density at radius 3 is 2.26 bits per heavy atom. The number of anilines is 1. The maximum Gasteiger partial charge on any atom is 0.233 e. The van der Waals surface area contributed by atoms with Crippen molar-refractivity contribution >= 4 is 15.7 Å². The van der Waals surface area contributed by atoms with Gasteiger partial charge in [-0.25, -0.2) is 8.42 Å². The van der Waals surface area contributed by atoms with Crippen molar-refractivity contribution in [3.05, 3.63) is 54.6 Å². The van der Waals surface area contributed by atoms with Gasteiger partial charge in [0.2, 0.25) is 10.0 Å². The van der Waals surface area contributed by atoms with Crippen molar-refractivity contribution in [1.29, 1.82) is 0 Å². The van der Waals surface area contributed by atoms with Crippen molar-refractivity contribution in [3.63, 3.8) is 0 Å². The molecular weight excluding hydrogens is 260 g/mol. The summed E-state index contributed by atoms with van der Waals surface area (Å²) >= 11 is 0. The lowest BCUT2D eigenvalue weighted by atomic mass is 10.0. The monoisotopic (exact) mass is 276 g/mol. The van der Waals surface area contributed by atoms with Crippen LogP contribution in [0.1, 0.15) is 0 Å². The predicted octanol–water partition coefficient (Wildman–Crippen LogP) is 2.05. The lowest BCUT2D eigenvalue weighted by Gasteiger charge is -2.12. The second-order valence-corrected chi connectivity index (χ2v) is 5.96. The van der Waals surface area contributed by atoms with Crippen LogP contribution in [0.15, 0.2) is 54.6 Å². The molecule has 4 nitrogen and oxygen atoms in total. The molecule has 0 radical (unpaired) electrons. The molecule has 100 valence electrons. The van der Waals surface area contributed by atoms with Gasteiger partial charge in [0.25, 0.3) is 0 Å². The molecule has 5 heteroatoms. The fourth-order valence-corrected chi connectivity index (χ4v) is 2.74. The maximum atomic E-state index is 11.8. The number of sulfonamides is 1. The molecule has 0 heterocycles. The molecule has 0 aliphatic heterocycles. The van der Waals surface area contributed by atoms with E-state index in [0.717, 1.165) is 11.1 Å². The number of nitrogens with two attached hydrogens (primary N) is 1. The third-order valence-corrected chi connectivity index (χ3v) is 3.97. The number of benzene rings is 2. The van der Waals surface area contributed by atoms with Gasteiger partial charge in [0.1, 0.15) is 0 Å². The molecule has 0 atom stereocenters. The average Bonchev–Trinajstić information content (AvgIpc) is 2.40. The third kappa shape index (κ3) is 3.56. The highest BCUT2D eigenvalue weighted by molar-refractivity contribution is 7.92. The molecule has 0 aliphatic carbocycles. The quantitative estimate of drug-likeness (QED) is 0.878. The van der Waals surface area contributed by atoms with Crippen LogP contribution in [0.2, 0.25) is 0 Å². The van der Waals surface area contributed by atoms with Crippen LogP contribution in [0.3, 0.4) is 0 Å². The molecule has 2 aromatic carbocycles. The summed E-state index contributed by atoms with van der Waals surface area (Å²) in [5, 5.41) is 0. The lowest BCUT2D eigenvalue weighted by molar-refractivity contribution is 0.601. The topological polar surface area (TPSA) is 72.2 Å². The van der Waals surface area contributed by atoms with Gasteiger partial charge in [-0.15, -0.1) is 0 Å². The molecule has 0 bridgehead atoms. The Morgan fingerprint density at radius 2 is 1.58 bits per heavy atom.